The summed E-state index contributed by atoms with van der Waals surface area (Å²) in [5.41, 5.74) is 0.691. The Bertz CT molecular complexity index is 759. The van der Waals surface area contributed by atoms with E-state index in [2.05, 4.69) is 0 Å². The van der Waals surface area contributed by atoms with Crippen molar-refractivity contribution in [2.45, 2.75) is 33.8 Å². The molecular formula is C19H23NO6S. The normalized spacial score (nSPS) is 15.6. The number of benzene rings is 1. The van der Waals surface area contributed by atoms with Crippen molar-refractivity contribution in [1.82, 2.24) is 4.90 Å². The molecule has 0 spiro atoms. The van der Waals surface area contributed by atoms with E-state index in [0.29, 0.717) is 23.7 Å². The van der Waals surface area contributed by atoms with Crippen LogP contribution in [0.5, 0.6) is 11.5 Å². The van der Waals surface area contributed by atoms with Crippen LogP contribution in [0.3, 0.4) is 0 Å². The highest BCUT2D eigenvalue weighted by Gasteiger charge is 2.36. The molecule has 0 atom stereocenters. The first-order valence-corrected chi connectivity index (χ1v) is 9.51. The summed E-state index contributed by atoms with van der Waals surface area (Å²) in [7, 11) is 0. The number of imide groups is 1. The zero-order valence-electron chi connectivity index (χ0n) is 15.8. The van der Waals surface area contributed by atoms with Crippen LogP contribution >= 0.6 is 11.8 Å². The van der Waals surface area contributed by atoms with Crippen molar-refractivity contribution >= 4 is 35.0 Å². The van der Waals surface area contributed by atoms with Gasteiger partial charge in [0.1, 0.15) is 6.54 Å². The average Bonchev–Trinajstić information content (AvgIpc) is 2.85. The quantitative estimate of drug-likeness (QED) is 0.494. The molecule has 0 aromatic heterocycles. The number of hydrogen-bond acceptors (Lipinski definition) is 7. The lowest BCUT2D eigenvalue weighted by Gasteiger charge is -2.15. The standard InChI is InChI=1S/C19H23NO6S/c1-5-24-15-9-13(7-8-14(15)26-12(3)4)10-16-18(22)20(19(23)27-16)11-17(21)25-6-2/h7-10,12H,5-6,11H2,1-4H3/b16-10-. The number of nitrogens with zero attached hydrogens (tertiary/aromatic N) is 1. The molecule has 0 aliphatic carbocycles. The molecule has 2 amide bonds. The monoisotopic (exact) mass is 393 g/mol. The van der Waals surface area contributed by atoms with Gasteiger partial charge in [-0.1, -0.05) is 6.07 Å². The minimum atomic E-state index is -0.616. The van der Waals surface area contributed by atoms with Crippen molar-refractivity contribution in [2.24, 2.45) is 0 Å². The van der Waals surface area contributed by atoms with Gasteiger partial charge < -0.3 is 14.2 Å². The van der Waals surface area contributed by atoms with Crippen molar-refractivity contribution in [3.05, 3.63) is 28.7 Å². The van der Waals surface area contributed by atoms with E-state index in [-0.39, 0.29) is 24.2 Å². The van der Waals surface area contributed by atoms with Crippen molar-refractivity contribution in [3.8, 4) is 11.5 Å². The van der Waals surface area contributed by atoms with Crippen molar-refractivity contribution < 1.29 is 28.6 Å². The number of ether oxygens (including phenoxy) is 3. The Labute approximate surface area is 162 Å². The minimum absolute atomic E-state index is 0.00516. The number of rotatable bonds is 8. The molecule has 8 heteroatoms. The van der Waals surface area contributed by atoms with Crippen LogP contribution in [0.15, 0.2) is 23.1 Å². The van der Waals surface area contributed by atoms with Gasteiger partial charge in [0.2, 0.25) is 0 Å². The SMILES string of the molecule is CCOC(=O)CN1C(=O)S/C(=C\c2ccc(OC(C)C)c(OCC)c2)C1=O. The summed E-state index contributed by atoms with van der Waals surface area (Å²) in [6.45, 7) is 7.64. The molecule has 1 aromatic carbocycles. The number of thioether (sulfide) groups is 1. The second kappa shape index (κ2) is 9.45. The summed E-state index contributed by atoms with van der Waals surface area (Å²) in [5.74, 6) is 0.0403. The van der Waals surface area contributed by atoms with Gasteiger partial charge in [0.25, 0.3) is 11.1 Å². The zero-order chi connectivity index (χ0) is 20.0. The average molecular weight is 393 g/mol. The predicted octanol–water partition coefficient (Wildman–Crippen LogP) is 3.47. The molecule has 0 radical (unpaired) electrons. The highest BCUT2D eigenvalue weighted by Crippen LogP contribution is 2.34. The molecule has 2 rings (SSSR count). The van der Waals surface area contributed by atoms with E-state index in [1.165, 1.54) is 0 Å². The largest absolute Gasteiger partial charge is 0.490 e. The maximum absolute atomic E-state index is 12.4. The van der Waals surface area contributed by atoms with E-state index in [9.17, 15) is 14.4 Å². The van der Waals surface area contributed by atoms with Gasteiger partial charge in [-0.3, -0.25) is 19.3 Å². The molecule has 0 unspecified atom stereocenters. The van der Waals surface area contributed by atoms with Gasteiger partial charge in [0, 0.05) is 0 Å². The van der Waals surface area contributed by atoms with Crippen LogP contribution < -0.4 is 9.47 Å². The topological polar surface area (TPSA) is 82.1 Å². The molecule has 1 fully saturated rings. The fraction of sp³-hybridized carbons (Fsp3) is 0.421. The number of amides is 2. The maximum Gasteiger partial charge on any atom is 0.326 e. The van der Waals surface area contributed by atoms with Crippen molar-refractivity contribution in [2.75, 3.05) is 19.8 Å². The molecule has 0 saturated carbocycles. The van der Waals surface area contributed by atoms with Gasteiger partial charge in [-0.05, 0) is 63.2 Å². The van der Waals surface area contributed by atoms with Crippen molar-refractivity contribution in [1.29, 1.82) is 0 Å². The van der Waals surface area contributed by atoms with Gasteiger partial charge in [-0.15, -0.1) is 0 Å². The molecule has 0 bridgehead atoms. The maximum atomic E-state index is 12.4. The molecule has 7 nitrogen and oxygen atoms in total. The highest BCUT2D eigenvalue weighted by molar-refractivity contribution is 8.18. The summed E-state index contributed by atoms with van der Waals surface area (Å²) in [6.07, 6.45) is 1.59. The van der Waals surface area contributed by atoms with E-state index >= 15 is 0 Å². The Morgan fingerprint density at radius 3 is 2.56 bits per heavy atom. The third-order valence-electron chi connectivity index (χ3n) is 3.39. The van der Waals surface area contributed by atoms with Gasteiger partial charge in [0.05, 0.1) is 24.2 Å². The van der Waals surface area contributed by atoms with Crippen LogP contribution in [0.25, 0.3) is 6.08 Å². The lowest BCUT2D eigenvalue weighted by atomic mass is 10.2. The van der Waals surface area contributed by atoms with Crippen LogP contribution in [-0.2, 0) is 14.3 Å². The second-order valence-electron chi connectivity index (χ2n) is 5.88. The molecule has 1 aliphatic rings. The molecule has 1 aromatic rings. The Morgan fingerprint density at radius 1 is 1.19 bits per heavy atom. The second-order valence-corrected chi connectivity index (χ2v) is 6.87. The first-order valence-electron chi connectivity index (χ1n) is 8.70. The molecule has 0 N–H and O–H groups in total. The zero-order valence-corrected chi connectivity index (χ0v) is 16.6. The van der Waals surface area contributed by atoms with E-state index in [0.717, 1.165) is 16.7 Å². The third-order valence-corrected chi connectivity index (χ3v) is 4.30. The van der Waals surface area contributed by atoms with Gasteiger partial charge in [-0.2, -0.15) is 0 Å². The fourth-order valence-electron chi connectivity index (χ4n) is 2.36. The molecular weight excluding hydrogens is 370 g/mol. The molecule has 146 valence electrons. The summed E-state index contributed by atoms with van der Waals surface area (Å²) < 4.78 is 16.1. The van der Waals surface area contributed by atoms with Crippen LogP contribution in [0.4, 0.5) is 4.79 Å². The van der Waals surface area contributed by atoms with E-state index in [1.54, 1.807) is 31.2 Å². The van der Waals surface area contributed by atoms with E-state index in [4.69, 9.17) is 14.2 Å². The Balaban J connectivity index is 2.22. The highest BCUT2D eigenvalue weighted by atomic mass is 32.2. The Kier molecular flexibility index (Phi) is 7.29. The fourth-order valence-corrected chi connectivity index (χ4v) is 3.20. The summed E-state index contributed by atoms with van der Waals surface area (Å²) in [5, 5.41) is -0.496. The lowest BCUT2D eigenvalue weighted by molar-refractivity contribution is -0.145. The molecule has 1 aliphatic heterocycles. The molecule has 27 heavy (non-hydrogen) atoms. The van der Waals surface area contributed by atoms with E-state index in [1.807, 2.05) is 20.8 Å². The van der Waals surface area contributed by atoms with Gasteiger partial charge in [0.15, 0.2) is 11.5 Å². The lowest BCUT2D eigenvalue weighted by Crippen LogP contribution is -2.34. The number of carbonyl (C=O) groups is 3. The van der Waals surface area contributed by atoms with Crippen LogP contribution in [0.1, 0.15) is 33.3 Å². The van der Waals surface area contributed by atoms with Crippen LogP contribution in [-0.4, -0.2) is 47.9 Å². The smallest absolute Gasteiger partial charge is 0.326 e. The Morgan fingerprint density at radius 2 is 1.93 bits per heavy atom. The predicted molar refractivity (Wildman–Crippen MR) is 103 cm³/mol. The molecule has 1 heterocycles. The Hall–Kier alpha value is -2.48. The minimum Gasteiger partial charge on any atom is -0.490 e. The summed E-state index contributed by atoms with van der Waals surface area (Å²) >= 11 is 0.789. The summed E-state index contributed by atoms with van der Waals surface area (Å²) in [4.78, 5) is 37.2. The van der Waals surface area contributed by atoms with Gasteiger partial charge >= 0.3 is 5.97 Å². The number of esters is 1. The summed E-state index contributed by atoms with van der Waals surface area (Å²) in [6, 6.07) is 5.29. The van der Waals surface area contributed by atoms with Crippen LogP contribution in [0.2, 0.25) is 0 Å². The van der Waals surface area contributed by atoms with Gasteiger partial charge in [-0.25, -0.2) is 0 Å². The van der Waals surface area contributed by atoms with Crippen molar-refractivity contribution in [3.63, 3.8) is 0 Å². The van der Waals surface area contributed by atoms with Crippen LogP contribution in [0, 0.1) is 0 Å². The number of carbonyl (C=O) groups excluding carboxylic acids is 3. The number of hydrogen-bond donors (Lipinski definition) is 0. The first-order chi connectivity index (χ1) is 12.8. The molecule has 1 saturated heterocycles. The third kappa shape index (κ3) is 5.50. The first kappa shape index (κ1) is 20.8. The van der Waals surface area contributed by atoms with E-state index < -0.39 is 17.1 Å².